The molecule has 0 bridgehead atoms. The first-order valence-electron chi connectivity index (χ1n) is 3.69. The van der Waals surface area contributed by atoms with E-state index in [4.69, 9.17) is 5.73 Å². The van der Waals surface area contributed by atoms with Gasteiger partial charge in [0.25, 0.3) is 0 Å². The van der Waals surface area contributed by atoms with Crippen molar-refractivity contribution in [2.75, 3.05) is 18.9 Å². The van der Waals surface area contributed by atoms with Crippen LogP contribution in [0, 0.1) is 6.92 Å². The lowest BCUT2D eigenvalue weighted by atomic mass is 10.2. The molecule has 0 amide bonds. The maximum atomic E-state index is 5.46. The largest absolute Gasteiger partial charge is 0.399 e. The van der Waals surface area contributed by atoms with Gasteiger partial charge in [-0.05, 0) is 24.6 Å². The Kier molecular flexibility index (Phi) is 2.93. The minimum absolute atomic E-state index is 0.838. The van der Waals surface area contributed by atoms with E-state index in [1.165, 1.54) is 5.56 Å². The van der Waals surface area contributed by atoms with E-state index in [0.29, 0.717) is 0 Å². The highest BCUT2D eigenvalue weighted by Gasteiger charge is 1.94. The van der Waals surface area contributed by atoms with E-state index in [-0.39, 0.29) is 0 Å². The van der Waals surface area contributed by atoms with Crippen LogP contribution in [-0.4, -0.2) is 13.2 Å². The summed E-state index contributed by atoms with van der Waals surface area (Å²) in [6, 6.07) is 7.80. The average molecular weight is 151 g/mol. The standard InChI is InChI=1S/C7H9N.C2H4O/c1-6-3-2-4-7(8)5-6;1-2-3-1/h2-5H,8H2,1H3;1-2H2. The number of hydrogen-bond donors (Lipinski definition) is 1. The molecule has 1 aromatic rings. The summed E-state index contributed by atoms with van der Waals surface area (Å²) < 4.78 is 4.50. The van der Waals surface area contributed by atoms with Crippen molar-refractivity contribution in [1.29, 1.82) is 0 Å². The van der Waals surface area contributed by atoms with Crippen LogP contribution in [0.1, 0.15) is 5.56 Å². The SMILES string of the molecule is C1CO1.Cc1cccc(N)c1. The number of anilines is 1. The van der Waals surface area contributed by atoms with Gasteiger partial charge in [-0.3, -0.25) is 0 Å². The Labute approximate surface area is 67.0 Å². The Bertz CT molecular complexity index is 201. The van der Waals surface area contributed by atoms with Crippen LogP contribution in [0.15, 0.2) is 24.3 Å². The second-order valence-corrected chi connectivity index (χ2v) is 2.53. The third-order valence-corrected chi connectivity index (χ3v) is 1.25. The molecule has 1 saturated heterocycles. The molecule has 2 nitrogen and oxygen atoms in total. The molecule has 1 aliphatic heterocycles. The molecule has 1 aliphatic rings. The molecule has 1 aromatic carbocycles. The van der Waals surface area contributed by atoms with Crippen LogP contribution in [0.5, 0.6) is 0 Å². The van der Waals surface area contributed by atoms with Gasteiger partial charge in [0.05, 0.1) is 13.2 Å². The summed E-state index contributed by atoms with van der Waals surface area (Å²) >= 11 is 0. The van der Waals surface area contributed by atoms with E-state index in [9.17, 15) is 0 Å². The van der Waals surface area contributed by atoms with Crippen molar-refractivity contribution in [1.82, 2.24) is 0 Å². The Hall–Kier alpha value is -1.02. The molecule has 0 aliphatic carbocycles. The van der Waals surface area contributed by atoms with Crippen LogP contribution in [-0.2, 0) is 4.74 Å². The molecule has 1 fully saturated rings. The Morgan fingerprint density at radius 3 is 2.27 bits per heavy atom. The van der Waals surface area contributed by atoms with Crippen molar-refractivity contribution in [2.45, 2.75) is 6.92 Å². The zero-order valence-electron chi connectivity index (χ0n) is 6.71. The van der Waals surface area contributed by atoms with Gasteiger partial charge in [-0.25, -0.2) is 0 Å². The third kappa shape index (κ3) is 4.39. The fourth-order valence-corrected chi connectivity index (χ4v) is 0.670. The first kappa shape index (κ1) is 8.08. The van der Waals surface area contributed by atoms with Crippen LogP contribution in [0.3, 0.4) is 0 Å². The van der Waals surface area contributed by atoms with Crippen molar-refractivity contribution in [3.8, 4) is 0 Å². The molecule has 11 heavy (non-hydrogen) atoms. The molecule has 0 atom stereocenters. The third-order valence-electron chi connectivity index (χ3n) is 1.25. The molecular weight excluding hydrogens is 138 g/mol. The highest BCUT2D eigenvalue weighted by Crippen LogP contribution is 2.03. The molecule has 60 valence electrons. The van der Waals surface area contributed by atoms with E-state index < -0.39 is 0 Å². The monoisotopic (exact) mass is 151 g/mol. The van der Waals surface area contributed by atoms with E-state index in [1.54, 1.807) is 0 Å². The minimum atomic E-state index is 0.838. The van der Waals surface area contributed by atoms with Gasteiger partial charge in [-0.1, -0.05) is 12.1 Å². The van der Waals surface area contributed by atoms with Gasteiger partial charge in [-0.15, -0.1) is 0 Å². The average Bonchev–Trinajstić information content (AvgIpc) is 2.69. The maximum Gasteiger partial charge on any atom is 0.0701 e. The Balaban J connectivity index is 0.000000167. The fourth-order valence-electron chi connectivity index (χ4n) is 0.670. The van der Waals surface area contributed by atoms with Crippen molar-refractivity contribution < 1.29 is 4.74 Å². The number of rotatable bonds is 0. The van der Waals surface area contributed by atoms with Gasteiger partial charge >= 0.3 is 0 Å². The predicted molar refractivity (Wildman–Crippen MR) is 46.4 cm³/mol. The minimum Gasteiger partial charge on any atom is -0.399 e. The van der Waals surface area contributed by atoms with E-state index >= 15 is 0 Å². The molecule has 0 spiro atoms. The van der Waals surface area contributed by atoms with Crippen molar-refractivity contribution in [2.24, 2.45) is 0 Å². The van der Waals surface area contributed by atoms with Crippen LogP contribution in [0.4, 0.5) is 5.69 Å². The molecule has 0 radical (unpaired) electrons. The summed E-state index contributed by atoms with van der Waals surface area (Å²) in [5.41, 5.74) is 7.51. The fraction of sp³-hybridized carbons (Fsp3) is 0.333. The zero-order chi connectivity index (χ0) is 8.10. The van der Waals surface area contributed by atoms with Crippen LogP contribution >= 0.6 is 0 Å². The van der Waals surface area contributed by atoms with Gasteiger partial charge in [0.15, 0.2) is 0 Å². The molecular formula is C9H13NO. The second-order valence-electron chi connectivity index (χ2n) is 2.53. The first-order valence-corrected chi connectivity index (χ1v) is 3.69. The Morgan fingerprint density at radius 2 is 2.00 bits per heavy atom. The highest BCUT2D eigenvalue weighted by molar-refractivity contribution is 5.39. The second kappa shape index (κ2) is 3.98. The van der Waals surface area contributed by atoms with Crippen LogP contribution < -0.4 is 5.73 Å². The molecule has 2 heteroatoms. The van der Waals surface area contributed by atoms with E-state index in [1.807, 2.05) is 31.2 Å². The summed E-state index contributed by atoms with van der Waals surface area (Å²) in [5.74, 6) is 0. The molecule has 0 unspecified atom stereocenters. The maximum absolute atomic E-state index is 5.46. The number of nitrogen functional groups attached to an aromatic ring is 1. The number of hydrogen-bond acceptors (Lipinski definition) is 2. The number of benzene rings is 1. The summed E-state index contributed by atoms with van der Waals surface area (Å²) in [4.78, 5) is 0. The lowest BCUT2D eigenvalue weighted by molar-refractivity contribution is 0.475. The lowest BCUT2D eigenvalue weighted by Gasteiger charge is -1.91. The van der Waals surface area contributed by atoms with Gasteiger partial charge in [0.2, 0.25) is 0 Å². The molecule has 1 heterocycles. The zero-order valence-corrected chi connectivity index (χ0v) is 6.71. The van der Waals surface area contributed by atoms with E-state index in [2.05, 4.69) is 4.74 Å². The van der Waals surface area contributed by atoms with Gasteiger partial charge in [0, 0.05) is 5.69 Å². The lowest BCUT2D eigenvalue weighted by Crippen LogP contribution is -1.82. The van der Waals surface area contributed by atoms with E-state index in [0.717, 1.165) is 18.9 Å². The quantitative estimate of drug-likeness (QED) is 0.451. The molecule has 0 aromatic heterocycles. The van der Waals surface area contributed by atoms with Gasteiger partial charge < -0.3 is 10.5 Å². The number of nitrogens with two attached hydrogens (primary N) is 1. The van der Waals surface area contributed by atoms with Gasteiger partial charge in [0.1, 0.15) is 0 Å². The smallest absolute Gasteiger partial charge is 0.0701 e. The van der Waals surface area contributed by atoms with Gasteiger partial charge in [-0.2, -0.15) is 0 Å². The topological polar surface area (TPSA) is 38.5 Å². The van der Waals surface area contributed by atoms with Crippen LogP contribution in [0.25, 0.3) is 0 Å². The summed E-state index contributed by atoms with van der Waals surface area (Å²) in [7, 11) is 0. The normalized spacial score (nSPS) is 13.2. The number of aryl methyl sites for hydroxylation is 1. The summed E-state index contributed by atoms with van der Waals surface area (Å²) in [5, 5.41) is 0. The number of ether oxygens (including phenoxy) is 1. The van der Waals surface area contributed by atoms with Crippen molar-refractivity contribution in [3.05, 3.63) is 29.8 Å². The number of epoxide rings is 1. The predicted octanol–water partition coefficient (Wildman–Crippen LogP) is 1.59. The molecule has 0 saturated carbocycles. The van der Waals surface area contributed by atoms with Crippen LogP contribution in [0.2, 0.25) is 0 Å². The molecule has 2 rings (SSSR count). The Morgan fingerprint density at radius 1 is 1.36 bits per heavy atom. The summed E-state index contributed by atoms with van der Waals surface area (Å²) in [6.45, 7) is 4.02. The summed E-state index contributed by atoms with van der Waals surface area (Å²) in [6.07, 6.45) is 0. The first-order chi connectivity index (χ1) is 5.29. The molecule has 2 N–H and O–H groups in total. The van der Waals surface area contributed by atoms with Crippen molar-refractivity contribution in [3.63, 3.8) is 0 Å². The van der Waals surface area contributed by atoms with Crippen molar-refractivity contribution >= 4 is 5.69 Å². The highest BCUT2D eigenvalue weighted by atomic mass is 16.6.